The maximum absolute atomic E-state index is 6.42. The van der Waals surface area contributed by atoms with Gasteiger partial charge in [0.1, 0.15) is 22.8 Å². The first-order chi connectivity index (χ1) is 24.3. The third-order valence-electron chi connectivity index (χ3n) is 9.70. The molecule has 0 bridgehead atoms. The van der Waals surface area contributed by atoms with Crippen LogP contribution in [0, 0.1) is 0 Å². The molecule has 230 valence electrons. The molecule has 8 aromatic carbocycles. The molecule has 9 aromatic rings. The monoisotopic (exact) mass is 627 g/mol. The van der Waals surface area contributed by atoms with E-state index in [1.807, 2.05) is 12.1 Å². The highest BCUT2D eigenvalue weighted by Gasteiger charge is 2.26. The predicted octanol–water partition coefficient (Wildman–Crippen LogP) is 11.2. The molecule has 1 unspecified atom stereocenters. The number of nitrogens with zero attached hydrogens (tertiary/aromatic N) is 2. The second-order valence-corrected chi connectivity index (χ2v) is 12.6. The molecule has 0 amide bonds. The highest BCUT2D eigenvalue weighted by Crippen LogP contribution is 2.39. The number of fused-ring (bicyclic) bond motifs is 7. The van der Waals surface area contributed by atoms with Crippen LogP contribution in [0.15, 0.2) is 178 Å². The molecule has 1 aliphatic heterocycles. The van der Waals surface area contributed by atoms with Crippen LogP contribution in [0.4, 0.5) is 0 Å². The summed E-state index contributed by atoms with van der Waals surface area (Å²) in [6.07, 6.45) is -0.474. The molecule has 0 aliphatic carbocycles. The molecule has 1 N–H and O–H groups in total. The Morgan fingerprint density at radius 1 is 0.449 bits per heavy atom. The zero-order valence-corrected chi connectivity index (χ0v) is 26.5. The minimum atomic E-state index is -0.474. The Labute approximate surface area is 282 Å². The van der Waals surface area contributed by atoms with Gasteiger partial charge in [0.25, 0.3) is 0 Å². The number of amidine groups is 2. The summed E-state index contributed by atoms with van der Waals surface area (Å²) >= 11 is 0. The Hall–Kier alpha value is -6.52. The van der Waals surface area contributed by atoms with Crippen molar-refractivity contribution in [3.63, 3.8) is 0 Å². The molecule has 4 nitrogen and oxygen atoms in total. The number of rotatable bonds is 4. The first kappa shape index (κ1) is 27.6. The molecular weight excluding hydrogens is 599 g/mol. The summed E-state index contributed by atoms with van der Waals surface area (Å²) in [7, 11) is 0. The first-order valence-electron chi connectivity index (χ1n) is 16.6. The minimum Gasteiger partial charge on any atom is -0.456 e. The van der Waals surface area contributed by atoms with Gasteiger partial charge in [-0.2, -0.15) is 0 Å². The van der Waals surface area contributed by atoms with Crippen LogP contribution in [-0.4, -0.2) is 11.7 Å². The summed E-state index contributed by atoms with van der Waals surface area (Å²) in [5, 5.41) is 13.0. The van der Waals surface area contributed by atoms with E-state index in [9.17, 15) is 0 Å². The van der Waals surface area contributed by atoms with Gasteiger partial charge in [-0.3, -0.25) is 0 Å². The molecule has 1 aromatic heterocycles. The third kappa shape index (κ3) is 4.61. The van der Waals surface area contributed by atoms with E-state index < -0.39 is 6.17 Å². The van der Waals surface area contributed by atoms with Crippen molar-refractivity contribution >= 4 is 65.9 Å². The lowest BCUT2D eigenvalue weighted by Gasteiger charge is -2.24. The smallest absolute Gasteiger partial charge is 0.169 e. The number of para-hydroxylation sites is 1. The van der Waals surface area contributed by atoms with Gasteiger partial charge in [-0.25, -0.2) is 9.98 Å². The fraction of sp³-hybridized carbons (Fsp3) is 0.0222. The molecule has 10 rings (SSSR count). The van der Waals surface area contributed by atoms with E-state index in [0.717, 1.165) is 66.8 Å². The Bertz CT molecular complexity index is 2810. The Morgan fingerprint density at radius 2 is 1.12 bits per heavy atom. The summed E-state index contributed by atoms with van der Waals surface area (Å²) < 4.78 is 6.42. The van der Waals surface area contributed by atoms with Crippen molar-refractivity contribution < 1.29 is 4.42 Å². The molecule has 0 fully saturated rings. The van der Waals surface area contributed by atoms with E-state index in [0.29, 0.717) is 0 Å². The molecule has 0 saturated heterocycles. The molecule has 1 atom stereocenters. The fourth-order valence-electron chi connectivity index (χ4n) is 7.31. The number of nitrogens with one attached hydrogen (secondary N) is 1. The van der Waals surface area contributed by atoms with Gasteiger partial charge in [0, 0.05) is 21.9 Å². The van der Waals surface area contributed by atoms with Crippen LogP contribution in [0.5, 0.6) is 0 Å². The van der Waals surface area contributed by atoms with E-state index in [4.69, 9.17) is 14.4 Å². The largest absolute Gasteiger partial charge is 0.456 e. The number of hydrogen-bond acceptors (Lipinski definition) is 4. The number of furan rings is 1. The van der Waals surface area contributed by atoms with Gasteiger partial charge in [-0.05, 0) is 79.3 Å². The topological polar surface area (TPSA) is 49.9 Å². The van der Waals surface area contributed by atoms with Crippen LogP contribution in [0.2, 0.25) is 0 Å². The fourth-order valence-corrected chi connectivity index (χ4v) is 7.31. The molecule has 4 heteroatoms. The molecular formula is C45H29N3O. The molecule has 1 aliphatic rings. The Kier molecular flexibility index (Phi) is 6.21. The lowest BCUT2D eigenvalue weighted by Crippen LogP contribution is -2.36. The third-order valence-corrected chi connectivity index (χ3v) is 9.70. The van der Waals surface area contributed by atoms with Gasteiger partial charge in [-0.15, -0.1) is 0 Å². The lowest BCUT2D eigenvalue weighted by molar-refractivity contribution is 0.669. The van der Waals surface area contributed by atoms with E-state index in [2.05, 4.69) is 157 Å². The highest BCUT2D eigenvalue weighted by molar-refractivity contribution is 6.26. The van der Waals surface area contributed by atoms with Crippen molar-refractivity contribution in [2.24, 2.45) is 9.98 Å². The van der Waals surface area contributed by atoms with E-state index in [-0.39, 0.29) is 0 Å². The highest BCUT2D eigenvalue weighted by atomic mass is 16.3. The summed E-state index contributed by atoms with van der Waals surface area (Å²) in [4.78, 5) is 10.8. The van der Waals surface area contributed by atoms with Gasteiger partial charge in [0.15, 0.2) is 6.17 Å². The van der Waals surface area contributed by atoms with Crippen LogP contribution in [0.1, 0.15) is 22.9 Å². The van der Waals surface area contributed by atoms with Crippen molar-refractivity contribution in [3.8, 4) is 11.1 Å². The maximum Gasteiger partial charge on any atom is 0.169 e. The zero-order chi connectivity index (χ0) is 32.3. The van der Waals surface area contributed by atoms with Gasteiger partial charge < -0.3 is 9.73 Å². The molecule has 2 heterocycles. The molecule has 0 spiro atoms. The van der Waals surface area contributed by atoms with E-state index in [1.54, 1.807) is 0 Å². The lowest BCUT2D eigenvalue weighted by atomic mass is 9.93. The minimum absolute atomic E-state index is 0.474. The summed E-state index contributed by atoms with van der Waals surface area (Å²) in [5.41, 5.74) is 6.90. The van der Waals surface area contributed by atoms with Gasteiger partial charge in [0.05, 0.1) is 0 Å². The maximum atomic E-state index is 6.42. The van der Waals surface area contributed by atoms with Crippen molar-refractivity contribution in [2.75, 3.05) is 0 Å². The van der Waals surface area contributed by atoms with Crippen molar-refractivity contribution in [1.29, 1.82) is 0 Å². The van der Waals surface area contributed by atoms with Crippen molar-refractivity contribution in [1.82, 2.24) is 5.32 Å². The number of benzene rings is 8. The average Bonchev–Trinajstić information content (AvgIpc) is 3.56. The second kappa shape index (κ2) is 11.0. The number of hydrogen-bond donors (Lipinski definition) is 1. The predicted molar refractivity (Wildman–Crippen MR) is 204 cm³/mol. The van der Waals surface area contributed by atoms with Crippen LogP contribution in [-0.2, 0) is 0 Å². The summed E-state index contributed by atoms with van der Waals surface area (Å²) in [6.45, 7) is 0. The van der Waals surface area contributed by atoms with Gasteiger partial charge >= 0.3 is 0 Å². The SMILES string of the molecule is c1ccc(-c2ccc3oc4ccccc4c3c2C2=NC(c3ccc4ccc5ccccc5c4c3)N=C(c3ccc4ccccc4c3)N2)cc1. The zero-order valence-electron chi connectivity index (χ0n) is 26.5. The van der Waals surface area contributed by atoms with Gasteiger partial charge in [0.2, 0.25) is 0 Å². The number of aliphatic imine (C=N–C) groups is 2. The van der Waals surface area contributed by atoms with E-state index in [1.165, 1.54) is 26.9 Å². The summed E-state index contributed by atoms with van der Waals surface area (Å²) in [6, 6.07) is 57.5. The second-order valence-electron chi connectivity index (χ2n) is 12.6. The van der Waals surface area contributed by atoms with Crippen LogP contribution in [0.3, 0.4) is 0 Å². The standard InChI is InChI=1S/C45H29N3O/c1-2-11-29(12-3-1)36-24-25-40-41(37-16-8-9-17-39(37)49-40)42(36)45-47-43(33-22-18-28-10-4-5-14-32(28)26-33)46-44(48-45)34-23-21-31-20-19-30-13-6-7-15-35(30)38(31)27-34/h1-27,44H,(H,46,47,48). The van der Waals surface area contributed by atoms with Crippen LogP contribution in [0.25, 0.3) is 65.4 Å². The Morgan fingerprint density at radius 3 is 2.00 bits per heavy atom. The van der Waals surface area contributed by atoms with E-state index >= 15 is 0 Å². The summed E-state index contributed by atoms with van der Waals surface area (Å²) in [5.74, 6) is 1.54. The Balaban J connectivity index is 1.24. The van der Waals surface area contributed by atoms with Crippen LogP contribution < -0.4 is 5.32 Å². The molecule has 0 saturated carbocycles. The molecule has 0 radical (unpaired) electrons. The van der Waals surface area contributed by atoms with Crippen molar-refractivity contribution in [3.05, 3.63) is 180 Å². The van der Waals surface area contributed by atoms with Gasteiger partial charge in [-0.1, -0.05) is 133 Å². The van der Waals surface area contributed by atoms with Crippen LogP contribution >= 0.6 is 0 Å². The molecule has 49 heavy (non-hydrogen) atoms. The van der Waals surface area contributed by atoms with Crippen molar-refractivity contribution in [2.45, 2.75) is 6.17 Å². The quantitative estimate of drug-likeness (QED) is 0.197. The first-order valence-corrected chi connectivity index (χ1v) is 16.6. The average molecular weight is 628 g/mol. The normalized spacial score (nSPS) is 14.7.